The fraction of sp³-hybridized carbons (Fsp3) is 0.143. The molecule has 1 amide bonds. The number of hydrogen-bond donors (Lipinski definition) is 1. The van der Waals surface area contributed by atoms with Crippen LogP contribution < -0.4 is 5.32 Å². The maximum Gasteiger partial charge on any atom is 0.232 e. The van der Waals surface area contributed by atoms with Crippen molar-refractivity contribution < 1.29 is 9.18 Å². The van der Waals surface area contributed by atoms with Gasteiger partial charge < -0.3 is 5.32 Å². The Bertz CT molecular complexity index is 797. The monoisotopic (exact) mass is 334 g/mol. The van der Waals surface area contributed by atoms with Crippen molar-refractivity contribution in [1.82, 2.24) is 15.2 Å². The molecule has 22 heavy (non-hydrogen) atoms. The van der Waals surface area contributed by atoms with Crippen molar-refractivity contribution in [1.29, 1.82) is 0 Å². The van der Waals surface area contributed by atoms with Crippen LogP contribution in [0.3, 0.4) is 0 Å². The number of anilines is 1. The van der Waals surface area contributed by atoms with E-state index in [0.717, 1.165) is 15.6 Å². The molecule has 0 aliphatic carbocycles. The van der Waals surface area contributed by atoms with Gasteiger partial charge in [0.2, 0.25) is 11.0 Å². The number of carbonyl (C=O) groups excluding carboxylic acids is 1. The Labute approximate surface area is 133 Å². The van der Waals surface area contributed by atoms with Crippen molar-refractivity contribution in [2.45, 2.75) is 13.3 Å². The van der Waals surface area contributed by atoms with Gasteiger partial charge in [0.05, 0.1) is 12.1 Å². The number of benzene rings is 1. The highest BCUT2D eigenvalue weighted by Crippen LogP contribution is 2.24. The average molecular weight is 334 g/mol. The summed E-state index contributed by atoms with van der Waals surface area (Å²) in [7, 11) is 0. The first-order valence-electron chi connectivity index (χ1n) is 6.40. The third-order valence-electron chi connectivity index (χ3n) is 2.76. The number of carbonyl (C=O) groups is 1. The zero-order valence-corrected chi connectivity index (χ0v) is 13.2. The number of rotatable bonds is 4. The lowest BCUT2D eigenvalue weighted by molar-refractivity contribution is -0.115. The maximum absolute atomic E-state index is 12.9. The lowest BCUT2D eigenvalue weighted by Gasteiger charge is -1.98. The second kappa shape index (κ2) is 6.29. The van der Waals surface area contributed by atoms with Crippen LogP contribution in [0, 0.1) is 12.7 Å². The van der Waals surface area contributed by atoms with E-state index in [0.29, 0.717) is 10.8 Å². The quantitative estimate of drug-likeness (QED) is 0.795. The number of amides is 1. The molecule has 1 N–H and O–H groups in total. The van der Waals surface area contributed by atoms with Gasteiger partial charge in [-0.2, -0.15) is 0 Å². The first kappa shape index (κ1) is 14.7. The topological polar surface area (TPSA) is 67.8 Å². The minimum atomic E-state index is -0.285. The Morgan fingerprint density at radius 3 is 2.73 bits per heavy atom. The van der Waals surface area contributed by atoms with Gasteiger partial charge in [-0.1, -0.05) is 11.3 Å². The average Bonchev–Trinajstić information content (AvgIpc) is 3.09. The summed E-state index contributed by atoms with van der Waals surface area (Å²) in [5, 5.41) is 14.2. The Morgan fingerprint density at radius 2 is 2.05 bits per heavy atom. The molecule has 0 spiro atoms. The second-order valence-electron chi connectivity index (χ2n) is 4.50. The standard InChI is InChI=1S/C14H11FN4OS2/c1-8-18-19-14(22-8)17-12(20)6-11-7-21-13(16-11)9-2-4-10(15)5-3-9/h2-5,7H,6H2,1H3,(H,17,19,20). The molecule has 0 fully saturated rings. The van der Waals surface area contributed by atoms with E-state index in [1.165, 1.54) is 34.8 Å². The minimum absolute atomic E-state index is 0.163. The van der Waals surface area contributed by atoms with Crippen molar-refractivity contribution in [3.63, 3.8) is 0 Å². The van der Waals surface area contributed by atoms with Crippen molar-refractivity contribution in [2.75, 3.05) is 5.32 Å². The third-order valence-corrected chi connectivity index (χ3v) is 4.45. The number of aryl methyl sites for hydroxylation is 1. The van der Waals surface area contributed by atoms with Crippen LogP contribution in [0.2, 0.25) is 0 Å². The van der Waals surface area contributed by atoms with Crippen LogP contribution in [0.1, 0.15) is 10.7 Å². The van der Waals surface area contributed by atoms with Crippen LogP contribution in [-0.2, 0) is 11.2 Å². The zero-order chi connectivity index (χ0) is 15.5. The Morgan fingerprint density at radius 1 is 1.27 bits per heavy atom. The molecule has 0 unspecified atom stereocenters. The van der Waals surface area contributed by atoms with E-state index in [1.54, 1.807) is 12.1 Å². The number of thiazole rings is 1. The molecule has 0 saturated heterocycles. The second-order valence-corrected chi connectivity index (χ2v) is 6.54. The summed E-state index contributed by atoms with van der Waals surface area (Å²) >= 11 is 2.74. The van der Waals surface area contributed by atoms with Crippen molar-refractivity contribution in [3.05, 3.63) is 46.2 Å². The van der Waals surface area contributed by atoms with Crippen LogP contribution in [0.4, 0.5) is 9.52 Å². The van der Waals surface area contributed by atoms with Gasteiger partial charge in [0.15, 0.2) is 0 Å². The number of nitrogens with one attached hydrogen (secondary N) is 1. The molecule has 112 valence electrons. The summed E-state index contributed by atoms with van der Waals surface area (Å²) in [6.45, 7) is 1.82. The van der Waals surface area contributed by atoms with Gasteiger partial charge in [0.1, 0.15) is 15.8 Å². The molecule has 0 radical (unpaired) electrons. The van der Waals surface area contributed by atoms with Crippen molar-refractivity contribution in [3.8, 4) is 10.6 Å². The highest BCUT2D eigenvalue weighted by molar-refractivity contribution is 7.15. The molecule has 0 aliphatic rings. The summed E-state index contributed by atoms with van der Waals surface area (Å²) in [5.74, 6) is -0.473. The lowest BCUT2D eigenvalue weighted by atomic mass is 10.2. The van der Waals surface area contributed by atoms with E-state index >= 15 is 0 Å². The normalized spacial score (nSPS) is 10.6. The Kier molecular flexibility index (Phi) is 4.21. The molecular formula is C14H11FN4OS2. The third kappa shape index (κ3) is 3.52. The van der Waals surface area contributed by atoms with Crippen LogP contribution in [-0.4, -0.2) is 21.1 Å². The predicted octanol–water partition coefficient (Wildman–Crippen LogP) is 3.29. The van der Waals surface area contributed by atoms with E-state index in [2.05, 4.69) is 20.5 Å². The van der Waals surface area contributed by atoms with E-state index in [9.17, 15) is 9.18 Å². The summed E-state index contributed by atoms with van der Waals surface area (Å²) in [5.41, 5.74) is 1.50. The molecule has 3 aromatic rings. The summed E-state index contributed by atoms with van der Waals surface area (Å²) in [4.78, 5) is 16.3. The number of halogens is 1. The van der Waals surface area contributed by atoms with Gasteiger partial charge in [0.25, 0.3) is 0 Å². The van der Waals surface area contributed by atoms with E-state index in [1.807, 2.05) is 12.3 Å². The largest absolute Gasteiger partial charge is 0.300 e. The highest BCUT2D eigenvalue weighted by Gasteiger charge is 2.11. The summed E-state index contributed by atoms with van der Waals surface area (Å²) in [6, 6.07) is 6.12. The van der Waals surface area contributed by atoms with E-state index in [-0.39, 0.29) is 18.1 Å². The summed E-state index contributed by atoms with van der Waals surface area (Å²) < 4.78 is 12.9. The smallest absolute Gasteiger partial charge is 0.232 e. The lowest BCUT2D eigenvalue weighted by Crippen LogP contribution is -2.14. The number of hydrogen-bond acceptors (Lipinski definition) is 6. The fourth-order valence-electron chi connectivity index (χ4n) is 1.79. The molecule has 0 aliphatic heterocycles. The maximum atomic E-state index is 12.9. The predicted molar refractivity (Wildman–Crippen MR) is 84.5 cm³/mol. The molecule has 3 rings (SSSR count). The van der Waals surface area contributed by atoms with Crippen LogP contribution in [0.25, 0.3) is 10.6 Å². The van der Waals surface area contributed by atoms with Gasteiger partial charge in [-0.25, -0.2) is 9.37 Å². The molecule has 0 saturated carbocycles. The molecule has 2 aromatic heterocycles. The molecule has 2 heterocycles. The molecular weight excluding hydrogens is 323 g/mol. The van der Waals surface area contributed by atoms with Crippen LogP contribution in [0.15, 0.2) is 29.6 Å². The molecule has 5 nitrogen and oxygen atoms in total. The first-order valence-corrected chi connectivity index (χ1v) is 8.10. The molecule has 0 atom stereocenters. The van der Waals surface area contributed by atoms with Gasteiger partial charge >= 0.3 is 0 Å². The van der Waals surface area contributed by atoms with Gasteiger partial charge in [0, 0.05) is 10.9 Å². The van der Waals surface area contributed by atoms with Crippen molar-refractivity contribution in [2.24, 2.45) is 0 Å². The number of nitrogens with zero attached hydrogens (tertiary/aromatic N) is 3. The van der Waals surface area contributed by atoms with Gasteiger partial charge in [-0.3, -0.25) is 4.79 Å². The van der Waals surface area contributed by atoms with E-state index in [4.69, 9.17) is 0 Å². The SMILES string of the molecule is Cc1nnc(NC(=O)Cc2csc(-c3ccc(F)cc3)n2)s1. The van der Waals surface area contributed by atoms with Crippen LogP contribution >= 0.6 is 22.7 Å². The fourth-order valence-corrected chi connectivity index (χ4v) is 3.22. The van der Waals surface area contributed by atoms with E-state index < -0.39 is 0 Å². The van der Waals surface area contributed by atoms with Gasteiger partial charge in [-0.15, -0.1) is 21.5 Å². The Hall–Kier alpha value is -2.19. The first-order chi connectivity index (χ1) is 10.6. The molecule has 8 heteroatoms. The van der Waals surface area contributed by atoms with Crippen molar-refractivity contribution >= 4 is 33.7 Å². The van der Waals surface area contributed by atoms with Crippen LogP contribution in [0.5, 0.6) is 0 Å². The Balaban J connectivity index is 1.66. The molecule has 1 aromatic carbocycles. The minimum Gasteiger partial charge on any atom is -0.300 e. The number of aromatic nitrogens is 3. The molecule has 0 bridgehead atoms. The highest BCUT2D eigenvalue weighted by atomic mass is 32.1. The summed E-state index contributed by atoms with van der Waals surface area (Å²) in [6.07, 6.45) is 0.163. The zero-order valence-electron chi connectivity index (χ0n) is 11.5. The van der Waals surface area contributed by atoms with Gasteiger partial charge in [-0.05, 0) is 31.2 Å².